The van der Waals surface area contributed by atoms with E-state index in [0.717, 1.165) is 65.6 Å². The summed E-state index contributed by atoms with van der Waals surface area (Å²) < 4.78 is 13.6. The fraction of sp³-hybridized carbons (Fsp3) is 0. The Morgan fingerprint density at radius 3 is 1.07 bits per heavy atom. The third-order valence-electron chi connectivity index (χ3n) is 17.8. The Balaban J connectivity index is 0.774. The summed E-state index contributed by atoms with van der Waals surface area (Å²) in [7, 11) is 0. The van der Waals surface area contributed by atoms with E-state index >= 15 is 0 Å². The lowest BCUT2D eigenvalue weighted by Crippen LogP contribution is -1.92. The van der Waals surface area contributed by atoms with E-state index in [1.165, 1.54) is 120 Å². The first-order chi connectivity index (χ1) is 40.7. The minimum atomic E-state index is 0.877. The van der Waals surface area contributed by atoms with Crippen LogP contribution in [0.5, 0.6) is 0 Å². The zero-order valence-corrected chi connectivity index (χ0v) is 44.4. The van der Waals surface area contributed by atoms with E-state index in [4.69, 9.17) is 8.83 Å². The van der Waals surface area contributed by atoms with Gasteiger partial charge in [-0.3, -0.25) is 0 Å². The minimum absolute atomic E-state index is 0.877. The van der Waals surface area contributed by atoms with E-state index in [1.54, 1.807) is 0 Å². The van der Waals surface area contributed by atoms with Gasteiger partial charge in [0.05, 0.1) is 0 Å². The van der Waals surface area contributed by atoms with Gasteiger partial charge in [-0.25, -0.2) is 0 Å². The van der Waals surface area contributed by atoms with Crippen LogP contribution in [0.2, 0.25) is 0 Å². The molecule has 378 valence electrons. The van der Waals surface area contributed by atoms with Crippen molar-refractivity contribution < 1.29 is 8.83 Å². The van der Waals surface area contributed by atoms with E-state index in [2.05, 4.69) is 279 Å². The van der Waals surface area contributed by atoms with Gasteiger partial charge in [0.15, 0.2) is 0 Å². The van der Waals surface area contributed by atoms with Gasteiger partial charge in [0.1, 0.15) is 22.3 Å². The van der Waals surface area contributed by atoms with E-state index in [-0.39, 0.29) is 0 Å². The maximum atomic E-state index is 6.97. The van der Waals surface area contributed by atoms with Gasteiger partial charge in [-0.1, -0.05) is 231 Å². The molecule has 0 unspecified atom stereocenters. The van der Waals surface area contributed by atoms with Crippen LogP contribution < -0.4 is 0 Å². The van der Waals surface area contributed by atoms with Crippen LogP contribution in [0.3, 0.4) is 0 Å². The molecule has 0 saturated carbocycles. The molecule has 2 heterocycles. The average Bonchev–Trinajstić information content (AvgIpc) is 2.93. The highest BCUT2D eigenvalue weighted by molar-refractivity contribution is 6.27. The van der Waals surface area contributed by atoms with Crippen molar-refractivity contribution in [2.24, 2.45) is 0 Å². The highest BCUT2D eigenvalue weighted by Crippen LogP contribution is 2.49. The Hall–Kier alpha value is -10.8. The molecule has 0 saturated heterocycles. The molecule has 0 atom stereocenters. The Bertz CT molecular complexity index is 5660. The topological polar surface area (TPSA) is 26.3 Å². The molecular weight excluding hydrogens is 993 g/mol. The fourth-order valence-electron chi connectivity index (χ4n) is 14.1. The zero-order valence-electron chi connectivity index (χ0n) is 44.4. The van der Waals surface area contributed by atoms with Crippen LogP contribution >= 0.6 is 0 Å². The normalized spacial score (nSPS) is 12.1. The predicted octanol–water partition coefficient (Wildman–Crippen LogP) is 23.0. The van der Waals surface area contributed by atoms with Crippen molar-refractivity contribution >= 4 is 130 Å². The second kappa shape index (κ2) is 17.3. The van der Waals surface area contributed by atoms with Gasteiger partial charge in [0.25, 0.3) is 0 Å². The highest BCUT2D eigenvalue weighted by atomic mass is 16.3. The van der Waals surface area contributed by atoms with Gasteiger partial charge >= 0.3 is 0 Å². The first kappa shape index (κ1) is 45.1. The van der Waals surface area contributed by atoms with Gasteiger partial charge < -0.3 is 8.83 Å². The van der Waals surface area contributed by atoms with E-state index < -0.39 is 0 Å². The third kappa shape index (κ3) is 6.58. The molecule has 0 N–H and O–H groups in total. The minimum Gasteiger partial charge on any atom is -0.455 e. The first-order valence-corrected chi connectivity index (χ1v) is 28.3. The van der Waals surface area contributed by atoms with Gasteiger partial charge in [-0.15, -0.1) is 0 Å². The van der Waals surface area contributed by atoms with E-state index in [0.29, 0.717) is 0 Å². The molecule has 0 amide bonds. The highest BCUT2D eigenvalue weighted by Gasteiger charge is 2.23. The average molecular weight is 1040 g/mol. The summed E-state index contributed by atoms with van der Waals surface area (Å²) in [6.45, 7) is 0. The number of fused-ring (bicyclic) bond motifs is 16. The summed E-state index contributed by atoms with van der Waals surface area (Å²) in [5.74, 6) is 0. The largest absolute Gasteiger partial charge is 0.455 e. The quantitative estimate of drug-likeness (QED) is 0.161. The lowest BCUT2D eigenvalue weighted by molar-refractivity contribution is 0.672. The molecule has 0 aliphatic rings. The molecule has 18 aromatic rings. The first-order valence-electron chi connectivity index (χ1n) is 28.3. The van der Waals surface area contributed by atoms with Crippen LogP contribution in [0.1, 0.15) is 0 Å². The van der Waals surface area contributed by atoms with Crippen molar-refractivity contribution in [3.05, 3.63) is 279 Å². The van der Waals surface area contributed by atoms with Crippen LogP contribution in [-0.2, 0) is 0 Å². The third-order valence-corrected chi connectivity index (χ3v) is 17.8. The Kier molecular flexibility index (Phi) is 9.54. The van der Waals surface area contributed by atoms with Crippen LogP contribution in [0.25, 0.3) is 186 Å². The smallest absolute Gasteiger partial charge is 0.143 e. The van der Waals surface area contributed by atoms with Crippen molar-refractivity contribution in [1.29, 1.82) is 0 Å². The van der Waals surface area contributed by atoms with Crippen LogP contribution in [0.15, 0.2) is 288 Å². The molecule has 2 aromatic heterocycles. The lowest BCUT2D eigenvalue weighted by Gasteiger charge is -2.19. The molecule has 0 spiro atoms. The maximum Gasteiger partial charge on any atom is 0.143 e. The summed E-state index contributed by atoms with van der Waals surface area (Å²) >= 11 is 0. The second-order valence-corrected chi connectivity index (χ2v) is 22.1. The molecule has 2 heteroatoms. The molecule has 18 rings (SSSR count). The molecule has 82 heavy (non-hydrogen) atoms. The number of furan rings is 2. The summed E-state index contributed by atoms with van der Waals surface area (Å²) in [6.07, 6.45) is 0. The molecule has 0 radical (unpaired) electrons. The lowest BCUT2D eigenvalue weighted by atomic mass is 9.84. The standard InChI is InChI=1S/C80H46O2/c1-2-17-50-43-52(34-31-47(50)15-1)75-60-19-5-7-21-62(60)76(63-22-8-6-20-61(63)75)53-38-42-74-72(46-53)69-40-36-49-32-33-51(44-70(49)80(69)82-74)55-27-13-29-58-57(55)28-14-30-59(58)78-66-25-11-9-23-64(66)77(65-24-10-12-26-67(65)78)54-37-41-73-71(45-54)68-39-35-48-16-3-4-18-56(48)79(68)81-73/h1-46H. The van der Waals surface area contributed by atoms with Crippen molar-refractivity contribution in [3.8, 4) is 55.6 Å². The molecule has 0 fully saturated rings. The molecule has 2 nitrogen and oxygen atoms in total. The summed E-state index contributed by atoms with van der Waals surface area (Å²) in [5, 5.41) is 23.7. The van der Waals surface area contributed by atoms with E-state index in [9.17, 15) is 0 Å². The van der Waals surface area contributed by atoms with Crippen LogP contribution in [0, 0.1) is 0 Å². The summed E-state index contributed by atoms with van der Waals surface area (Å²) in [4.78, 5) is 0. The molecule has 0 aliphatic carbocycles. The predicted molar refractivity (Wildman–Crippen MR) is 348 cm³/mol. The van der Waals surface area contributed by atoms with Gasteiger partial charge in [0, 0.05) is 32.3 Å². The molecule has 0 bridgehead atoms. The monoisotopic (exact) mass is 1040 g/mol. The van der Waals surface area contributed by atoms with Crippen molar-refractivity contribution in [3.63, 3.8) is 0 Å². The number of benzene rings is 16. The van der Waals surface area contributed by atoms with Crippen molar-refractivity contribution in [2.75, 3.05) is 0 Å². The number of hydrogen-bond acceptors (Lipinski definition) is 2. The van der Waals surface area contributed by atoms with Crippen molar-refractivity contribution in [2.45, 2.75) is 0 Å². The Morgan fingerprint density at radius 1 is 0.171 bits per heavy atom. The number of hydrogen-bond donors (Lipinski definition) is 0. The van der Waals surface area contributed by atoms with E-state index in [1.807, 2.05) is 0 Å². The van der Waals surface area contributed by atoms with Gasteiger partial charge in [0.2, 0.25) is 0 Å². The number of rotatable bonds is 5. The zero-order chi connectivity index (χ0) is 53.6. The Morgan fingerprint density at radius 2 is 0.524 bits per heavy atom. The van der Waals surface area contributed by atoms with Crippen LogP contribution in [0.4, 0.5) is 0 Å². The van der Waals surface area contributed by atoms with Crippen molar-refractivity contribution in [1.82, 2.24) is 0 Å². The molecular formula is C80H46O2. The Labute approximate surface area is 470 Å². The maximum absolute atomic E-state index is 6.97. The molecule has 0 aliphatic heterocycles. The second-order valence-electron chi connectivity index (χ2n) is 22.1. The van der Waals surface area contributed by atoms with Crippen LogP contribution in [-0.4, -0.2) is 0 Å². The fourth-order valence-corrected chi connectivity index (χ4v) is 14.1. The summed E-state index contributed by atoms with van der Waals surface area (Å²) in [6, 6.07) is 103. The van der Waals surface area contributed by atoms with Gasteiger partial charge in [-0.05, 0) is 180 Å². The van der Waals surface area contributed by atoms with Gasteiger partial charge in [-0.2, -0.15) is 0 Å². The molecule has 16 aromatic carbocycles. The SMILES string of the molecule is c1ccc2cc(-c3c4ccccc4c(-c4ccc5oc6c7cc(-c8cccc9c(-c%10c%11ccccc%11c(-c%11ccc%12oc%13c%14ccccc%14ccc%13c%12c%11)c%11ccccc%10%11)cccc89)ccc7ccc6c5c4)c4ccccc34)ccc2c1. The summed E-state index contributed by atoms with van der Waals surface area (Å²) in [5.41, 5.74) is 15.7.